The predicted molar refractivity (Wildman–Crippen MR) is 77.4 cm³/mol. The van der Waals surface area contributed by atoms with E-state index in [4.69, 9.17) is 16.1 Å². The molecule has 1 N–H and O–H groups in total. The molecule has 2 rings (SSSR count). The Morgan fingerprint density at radius 1 is 1.30 bits per heavy atom. The van der Waals surface area contributed by atoms with E-state index in [9.17, 15) is 5.11 Å². The van der Waals surface area contributed by atoms with Crippen LogP contribution in [0, 0.1) is 0 Å². The van der Waals surface area contributed by atoms with Crippen molar-refractivity contribution in [1.29, 1.82) is 0 Å². The molecule has 1 aromatic heterocycles. The Labute approximate surface area is 123 Å². The molecule has 1 heterocycles. The molecule has 108 valence electrons. The largest absolute Gasteiger partial charge is 0.394 e. The van der Waals surface area contributed by atoms with E-state index in [1.54, 1.807) is 12.1 Å². The Morgan fingerprint density at radius 3 is 2.55 bits per heavy atom. The van der Waals surface area contributed by atoms with Gasteiger partial charge in [0.25, 0.3) is 0 Å². The summed E-state index contributed by atoms with van der Waals surface area (Å²) in [6, 6.07) is 7.26. The summed E-state index contributed by atoms with van der Waals surface area (Å²) in [7, 11) is 1.91. The second-order valence-electron chi connectivity index (χ2n) is 5.35. The summed E-state index contributed by atoms with van der Waals surface area (Å²) < 4.78 is 5.24. The predicted octanol–water partition coefficient (Wildman–Crippen LogP) is 2.59. The van der Waals surface area contributed by atoms with Gasteiger partial charge in [0.05, 0.1) is 13.2 Å². The van der Waals surface area contributed by atoms with Crippen molar-refractivity contribution in [2.24, 2.45) is 0 Å². The SMILES string of the molecule is CN(Cc1nc(-c2ccc(Cl)cc2)no1)C(C)(C)CO. The number of likely N-dealkylation sites (N-methyl/N-ethyl adjacent to an activating group) is 1. The van der Waals surface area contributed by atoms with E-state index in [1.165, 1.54) is 0 Å². The monoisotopic (exact) mass is 295 g/mol. The van der Waals surface area contributed by atoms with Gasteiger partial charge in [0.1, 0.15) is 0 Å². The first-order valence-electron chi connectivity index (χ1n) is 6.33. The van der Waals surface area contributed by atoms with E-state index in [0.29, 0.717) is 23.3 Å². The van der Waals surface area contributed by atoms with Crippen molar-refractivity contribution in [2.45, 2.75) is 25.9 Å². The Morgan fingerprint density at radius 2 is 1.95 bits per heavy atom. The van der Waals surface area contributed by atoms with Crippen LogP contribution in [0.2, 0.25) is 5.02 Å². The van der Waals surface area contributed by atoms with Gasteiger partial charge in [-0.1, -0.05) is 16.8 Å². The maximum atomic E-state index is 9.33. The van der Waals surface area contributed by atoms with Crippen molar-refractivity contribution in [3.8, 4) is 11.4 Å². The van der Waals surface area contributed by atoms with E-state index in [0.717, 1.165) is 5.56 Å². The molecule has 0 unspecified atom stereocenters. The first-order chi connectivity index (χ1) is 9.42. The van der Waals surface area contributed by atoms with Crippen molar-refractivity contribution in [3.63, 3.8) is 0 Å². The minimum Gasteiger partial charge on any atom is -0.394 e. The summed E-state index contributed by atoms with van der Waals surface area (Å²) in [5, 5.41) is 14.0. The molecule has 0 amide bonds. The van der Waals surface area contributed by atoms with Gasteiger partial charge >= 0.3 is 0 Å². The third kappa shape index (κ3) is 3.36. The lowest BCUT2D eigenvalue weighted by Gasteiger charge is -2.32. The molecule has 1 aromatic carbocycles. The molecular weight excluding hydrogens is 278 g/mol. The first kappa shape index (κ1) is 15.0. The summed E-state index contributed by atoms with van der Waals surface area (Å²) in [5.74, 6) is 1.05. The average molecular weight is 296 g/mol. The highest BCUT2D eigenvalue weighted by Crippen LogP contribution is 2.20. The molecule has 0 saturated carbocycles. The van der Waals surface area contributed by atoms with Crippen LogP contribution in [0.1, 0.15) is 19.7 Å². The summed E-state index contributed by atoms with van der Waals surface area (Å²) in [5.41, 5.74) is 0.517. The Balaban J connectivity index is 2.11. The third-order valence-electron chi connectivity index (χ3n) is 3.36. The van der Waals surface area contributed by atoms with Crippen LogP contribution in [-0.2, 0) is 6.54 Å². The minimum atomic E-state index is -0.338. The smallest absolute Gasteiger partial charge is 0.241 e. The van der Waals surface area contributed by atoms with Crippen LogP contribution >= 0.6 is 11.6 Å². The summed E-state index contributed by atoms with van der Waals surface area (Å²) in [4.78, 5) is 6.32. The van der Waals surface area contributed by atoms with Gasteiger partial charge in [-0.25, -0.2) is 0 Å². The third-order valence-corrected chi connectivity index (χ3v) is 3.62. The maximum Gasteiger partial charge on any atom is 0.241 e. The minimum absolute atomic E-state index is 0.0572. The fraction of sp³-hybridized carbons (Fsp3) is 0.429. The molecule has 0 saturated heterocycles. The van der Waals surface area contributed by atoms with Crippen LogP contribution in [0.4, 0.5) is 0 Å². The van der Waals surface area contributed by atoms with Crippen molar-refractivity contribution in [2.75, 3.05) is 13.7 Å². The lowest BCUT2D eigenvalue weighted by atomic mass is 10.1. The molecule has 0 radical (unpaired) electrons. The van der Waals surface area contributed by atoms with Crippen LogP contribution in [0.25, 0.3) is 11.4 Å². The zero-order chi connectivity index (χ0) is 14.8. The fourth-order valence-corrected chi connectivity index (χ4v) is 1.70. The standard InChI is InChI=1S/C14H18ClN3O2/c1-14(2,9-19)18(3)8-12-16-13(17-20-12)10-4-6-11(15)7-5-10/h4-7,19H,8-9H2,1-3H3. The highest BCUT2D eigenvalue weighted by Gasteiger charge is 2.24. The molecule has 20 heavy (non-hydrogen) atoms. The second kappa shape index (κ2) is 5.91. The van der Waals surface area contributed by atoms with Gasteiger partial charge in [-0.2, -0.15) is 4.98 Å². The van der Waals surface area contributed by atoms with Gasteiger partial charge in [0.2, 0.25) is 11.7 Å². The molecule has 0 aliphatic carbocycles. The fourth-order valence-electron chi connectivity index (χ4n) is 1.57. The molecule has 0 spiro atoms. The normalized spacial score (nSPS) is 12.1. The molecule has 6 heteroatoms. The number of aliphatic hydroxyl groups excluding tert-OH is 1. The quantitative estimate of drug-likeness (QED) is 0.918. The Kier molecular flexibility index (Phi) is 4.42. The molecule has 0 aliphatic rings. The molecule has 0 atom stereocenters. The van der Waals surface area contributed by atoms with E-state index in [2.05, 4.69) is 10.1 Å². The number of halogens is 1. The van der Waals surface area contributed by atoms with E-state index < -0.39 is 0 Å². The lowest BCUT2D eigenvalue weighted by Crippen LogP contribution is -2.43. The number of aliphatic hydroxyl groups is 1. The van der Waals surface area contributed by atoms with Crippen LogP contribution < -0.4 is 0 Å². The number of benzene rings is 1. The molecule has 0 bridgehead atoms. The van der Waals surface area contributed by atoms with E-state index in [1.807, 2.05) is 37.9 Å². The summed E-state index contributed by atoms with van der Waals surface area (Å²) in [6.45, 7) is 4.43. The van der Waals surface area contributed by atoms with Gasteiger partial charge < -0.3 is 9.63 Å². The second-order valence-corrected chi connectivity index (χ2v) is 5.78. The molecule has 0 fully saturated rings. The van der Waals surface area contributed by atoms with Crippen LogP contribution in [0.15, 0.2) is 28.8 Å². The van der Waals surface area contributed by atoms with Gasteiger partial charge in [-0.3, -0.25) is 4.90 Å². The van der Waals surface area contributed by atoms with Gasteiger partial charge in [0, 0.05) is 16.1 Å². The van der Waals surface area contributed by atoms with Gasteiger partial charge in [-0.05, 0) is 45.2 Å². The molecule has 5 nitrogen and oxygen atoms in total. The number of hydrogen-bond donors (Lipinski definition) is 1. The zero-order valence-electron chi connectivity index (χ0n) is 11.8. The van der Waals surface area contributed by atoms with Gasteiger partial charge in [0.15, 0.2) is 0 Å². The summed E-state index contributed by atoms with van der Waals surface area (Å²) in [6.07, 6.45) is 0. The Bertz CT molecular complexity index is 566. The lowest BCUT2D eigenvalue weighted by molar-refractivity contribution is 0.0652. The number of rotatable bonds is 5. The number of aromatic nitrogens is 2. The van der Waals surface area contributed by atoms with Crippen LogP contribution in [0.3, 0.4) is 0 Å². The number of hydrogen-bond acceptors (Lipinski definition) is 5. The van der Waals surface area contributed by atoms with Crippen molar-refractivity contribution >= 4 is 11.6 Å². The number of nitrogens with zero attached hydrogens (tertiary/aromatic N) is 3. The van der Waals surface area contributed by atoms with Crippen molar-refractivity contribution in [3.05, 3.63) is 35.2 Å². The van der Waals surface area contributed by atoms with E-state index >= 15 is 0 Å². The van der Waals surface area contributed by atoms with E-state index in [-0.39, 0.29) is 12.1 Å². The maximum absolute atomic E-state index is 9.33. The average Bonchev–Trinajstić information content (AvgIpc) is 2.88. The van der Waals surface area contributed by atoms with Gasteiger partial charge in [-0.15, -0.1) is 0 Å². The molecular formula is C14H18ClN3O2. The zero-order valence-corrected chi connectivity index (χ0v) is 12.6. The highest BCUT2D eigenvalue weighted by molar-refractivity contribution is 6.30. The molecule has 2 aromatic rings. The molecule has 0 aliphatic heterocycles. The van der Waals surface area contributed by atoms with Crippen molar-refractivity contribution in [1.82, 2.24) is 15.0 Å². The first-order valence-corrected chi connectivity index (χ1v) is 6.71. The Hall–Kier alpha value is -1.43. The highest BCUT2D eigenvalue weighted by atomic mass is 35.5. The summed E-state index contributed by atoms with van der Waals surface area (Å²) >= 11 is 5.84. The van der Waals surface area contributed by atoms with Crippen molar-refractivity contribution < 1.29 is 9.63 Å². The topological polar surface area (TPSA) is 62.4 Å². The van der Waals surface area contributed by atoms with Crippen LogP contribution in [0.5, 0.6) is 0 Å². The van der Waals surface area contributed by atoms with Crippen LogP contribution in [-0.4, -0.2) is 39.3 Å².